The van der Waals surface area contributed by atoms with Crippen molar-refractivity contribution in [3.05, 3.63) is 106 Å². The molecule has 0 saturated carbocycles. The largest absolute Gasteiger partial charge is 0.192 e. The van der Waals surface area contributed by atoms with Crippen molar-refractivity contribution in [1.82, 2.24) is 0 Å². The second-order valence-corrected chi connectivity index (χ2v) is 12.0. The summed E-state index contributed by atoms with van der Waals surface area (Å²) in [7, 11) is 2.39. The highest BCUT2D eigenvalue weighted by molar-refractivity contribution is 6.69. The first-order valence-corrected chi connectivity index (χ1v) is 13.8. The van der Waals surface area contributed by atoms with E-state index in [2.05, 4.69) is 142 Å². The summed E-state index contributed by atoms with van der Waals surface area (Å²) < 4.78 is 0. The van der Waals surface area contributed by atoms with E-state index in [0.717, 1.165) is 0 Å². The smallest absolute Gasteiger partial charge is 0.0756 e. The summed E-state index contributed by atoms with van der Waals surface area (Å²) in [5.74, 6) is 0.607. The highest BCUT2D eigenvalue weighted by atomic mass is 14.2. The Hall–Kier alpha value is -3.06. The number of hydrogen-bond acceptors (Lipinski definition) is 0. The monoisotopic (exact) mass is 485 g/mol. The van der Waals surface area contributed by atoms with E-state index in [4.69, 9.17) is 0 Å². The third-order valence-electron chi connectivity index (χ3n) is 7.99. The second kappa shape index (κ2) is 10.7. The molecule has 0 bridgehead atoms. The van der Waals surface area contributed by atoms with Crippen LogP contribution < -0.4 is 10.9 Å². The zero-order valence-electron chi connectivity index (χ0n) is 24.3. The van der Waals surface area contributed by atoms with Gasteiger partial charge in [0.2, 0.25) is 0 Å². The van der Waals surface area contributed by atoms with Crippen molar-refractivity contribution in [2.45, 2.75) is 80.1 Å². The summed E-state index contributed by atoms with van der Waals surface area (Å²) >= 11 is 0. The predicted octanol–water partition coefficient (Wildman–Crippen LogP) is 8.72. The minimum absolute atomic E-state index is 0.172. The fraction of sp³-hybridized carbons (Fsp3) is 0.333. The van der Waals surface area contributed by atoms with Crippen molar-refractivity contribution in [2.75, 3.05) is 0 Å². The van der Waals surface area contributed by atoms with Crippen molar-refractivity contribution in [1.29, 1.82) is 0 Å². The van der Waals surface area contributed by atoms with Gasteiger partial charge in [0.1, 0.15) is 0 Å². The Morgan fingerprint density at radius 2 is 0.973 bits per heavy atom. The molecular formula is C36H42B. The van der Waals surface area contributed by atoms with Crippen LogP contribution in [0.25, 0.3) is 22.3 Å². The van der Waals surface area contributed by atoms with E-state index in [1.54, 1.807) is 0 Å². The van der Waals surface area contributed by atoms with Gasteiger partial charge in [-0.1, -0.05) is 141 Å². The Bertz CT molecular complexity index is 1340. The van der Waals surface area contributed by atoms with E-state index >= 15 is 0 Å². The van der Waals surface area contributed by atoms with Gasteiger partial charge in [-0.05, 0) is 78.8 Å². The first kappa shape index (κ1) is 27.0. The fourth-order valence-electron chi connectivity index (χ4n) is 5.28. The van der Waals surface area contributed by atoms with Crippen LogP contribution in [-0.2, 0) is 5.41 Å². The molecule has 4 aromatic carbocycles. The summed E-state index contributed by atoms with van der Waals surface area (Å²) in [5, 5.41) is 0. The molecule has 0 spiro atoms. The summed E-state index contributed by atoms with van der Waals surface area (Å²) in [4.78, 5) is 0. The number of benzene rings is 4. The van der Waals surface area contributed by atoms with E-state index < -0.39 is 0 Å². The summed E-state index contributed by atoms with van der Waals surface area (Å²) in [6, 6.07) is 27.6. The quantitative estimate of drug-likeness (QED) is 0.240. The third-order valence-corrected chi connectivity index (χ3v) is 7.99. The minimum Gasteiger partial charge on any atom is -0.0756 e. The fourth-order valence-corrected chi connectivity index (χ4v) is 5.28. The van der Waals surface area contributed by atoms with Gasteiger partial charge in [0, 0.05) is 0 Å². The van der Waals surface area contributed by atoms with E-state index in [-0.39, 0.29) is 5.41 Å². The van der Waals surface area contributed by atoms with Gasteiger partial charge in [0.15, 0.2) is 7.28 Å². The van der Waals surface area contributed by atoms with Gasteiger partial charge in [0.05, 0.1) is 0 Å². The van der Waals surface area contributed by atoms with Crippen molar-refractivity contribution in [3.63, 3.8) is 0 Å². The van der Waals surface area contributed by atoms with Gasteiger partial charge in [0.25, 0.3) is 0 Å². The molecule has 0 fully saturated rings. The molecule has 1 atom stereocenters. The van der Waals surface area contributed by atoms with Gasteiger partial charge in [-0.25, -0.2) is 0 Å². The van der Waals surface area contributed by atoms with Crippen LogP contribution in [0.5, 0.6) is 0 Å². The van der Waals surface area contributed by atoms with E-state index in [0.29, 0.717) is 5.92 Å². The van der Waals surface area contributed by atoms with Gasteiger partial charge >= 0.3 is 0 Å². The lowest BCUT2D eigenvalue weighted by molar-refractivity contribution is 0.590. The zero-order valence-corrected chi connectivity index (χ0v) is 24.3. The first-order valence-electron chi connectivity index (χ1n) is 13.8. The van der Waals surface area contributed by atoms with Crippen LogP contribution in [0.15, 0.2) is 72.8 Å². The minimum atomic E-state index is 0.172. The second-order valence-electron chi connectivity index (χ2n) is 12.0. The van der Waals surface area contributed by atoms with Gasteiger partial charge in [-0.15, -0.1) is 0 Å². The highest BCUT2D eigenvalue weighted by Crippen LogP contribution is 2.28. The lowest BCUT2D eigenvalue weighted by atomic mass is 9.58. The van der Waals surface area contributed by atoms with E-state index in [1.165, 1.54) is 73.0 Å². The van der Waals surface area contributed by atoms with E-state index in [1.807, 2.05) is 0 Å². The van der Waals surface area contributed by atoms with Gasteiger partial charge in [-0.3, -0.25) is 0 Å². The first-order chi connectivity index (χ1) is 17.5. The molecular weight excluding hydrogens is 443 g/mol. The van der Waals surface area contributed by atoms with E-state index in [9.17, 15) is 0 Å². The topological polar surface area (TPSA) is 0 Å². The maximum Gasteiger partial charge on any atom is 0.192 e. The molecule has 0 heterocycles. The average Bonchev–Trinajstić information content (AvgIpc) is 2.86. The molecule has 0 aliphatic heterocycles. The maximum absolute atomic E-state index is 2.39. The Balaban J connectivity index is 1.60. The summed E-state index contributed by atoms with van der Waals surface area (Å²) in [5.41, 5.74) is 16.1. The Labute approximate surface area is 226 Å². The molecule has 37 heavy (non-hydrogen) atoms. The molecule has 0 N–H and O–H groups in total. The van der Waals surface area contributed by atoms with Crippen molar-refractivity contribution < 1.29 is 0 Å². The molecule has 0 aromatic heterocycles. The molecule has 0 nitrogen and oxygen atoms in total. The van der Waals surface area contributed by atoms with Gasteiger partial charge in [-0.2, -0.15) is 0 Å². The van der Waals surface area contributed by atoms with Crippen molar-refractivity contribution >= 4 is 18.2 Å². The zero-order chi connectivity index (χ0) is 26.9. The molecule has 1 heteroatoms. The molecule has 0 aliphatic rings. The molecule has 0 saturated heterocycles. The Morgan fingerprint density at radius 3 is 1.32 bits per heavy atom. The predicted molar refractivity (Wildman–Crippen MR) is 165 cm³/mol. The van der Waals surface area contributed by atoms with Crippen LogP contribution >= 0.6 is 0 Å². The normalized spacial score (nSPS) is 12.5. The van der Waals surface area contributed by atoms with Crippen LogP contribution in [0.2, 0.25) is 0 Å². The molecule has 4 aromatic rings. The number of hydrogen-bond donors (Lipinski definition) is 0. The lowest BCUT2D eigenvalue weighted by Crippen LogP contribution is -2.34. The van der Waals surface area contributed by atoms with Gasteiger partial charge < -0.3 is 0 Å². The SMILES string of the molecule is CCC(C)c1ccc(-c2cc(C)c([B]c3c(C)cc(-c4ccc(C(C)(C)C)cc4)cc3C)c(C)c2)cc1. The summed E-state index contributed by atoms with van der Waals surface area (Å²) in [6.45, 7) is 20.3. The van der Waals surface area contributed by atoms with Crippen molar-refractivity contribution in [3.8, 4) is 22.3 Å². The molecule has 0 aliphatic carbocycles. The van der Waals surface area contributed by atoms with Crippen LogP contribution in [0.3, 0.4) is 0 Å². The molecule has 0 amide bonds. The average molecular weight is 486 g/mol. The molecule has 1 unspecified atom stereocenters. The number of aryl methyl sites for hydroxylation is 4. The molecule has 4 rings (SSSR count). The number of rotatable bonds is 6. The lowest BCUT2D eigenvalue weighted by Gasteiger charge is -2.20. The van der Waals surface area contributed by atoms with Crippen LogP contribution in [-0.4, -0.2) is 7.28 Å². The summed E-state index contributed by atoms with van der Waals surface area (Å²) in [6.07, 6.45) is 1.17. The third kappa shape index (κ3) is 5.93. The van der Waals surface area contributed by atoms with Crippen LogP contribution in [0.4, 0.5) is 0 Å². The standard InChI is InChI=1S/C36H42B/c1-10-23(2)28-11-13-29(14-12-28)31-19-24(3)34(25(4)20-31)37-35-26(5)21-32(22-27(35)6)30-15-17-33(18-16-30)36(7,8)9/h11-23H,10H2,1-9H3. The molecule has 1 radical (unpaired) electrons. The molecule has 189 valence electrons. The maximum atomic E-state index is 2.39. The van der Waals surface area contributed by atoms with Crippen LogP contribution in [0, 0.1) is 27.7 Å². The highest BCUT2D eigenvalue weighted by Gasteiger charge is 2.16. The Morgan fingerprint density at radius 1 is 0.595 bits per heavy atom. The van der Waals surface area contributed by atoms with Crippen LogP contribution in [0.1, 0.15) is 80.3 Å². The van der Waals surface area contributed by atoms with Crippen molar-refractivity contribution in [2.24, 2.45) is 0 Å². The Kier molecular flexibility index (Phi) is 7.84.